The zero-order valence-corrected chi connectivity index (χ0v) is 13.3. The molecule has 1 aliphatic heterocycles. The molecule has 2 heterocycles. The highest BCUT2D eigenvalue weighted by molar-refractivity contribution is 5.94. The van der Waals surface area contributed by atoms with Crippen LogP contribution in [0, 0.1) is 0 Å². The van der Waals surface area contributed by atoms with Crippen molar-refractivity contribution in [3.05, 3.63) is 58.0 Å². The Hall–Kier alpha value is -2.96. The summed E-state index contributed by atoms with van der Waals surface area (Å²) < 4.78 is 0. The van der Waals surface area contributed by atoms with Crippen molar-refractivity contribution in [1.82, 2.24) is 15.5 Å². The number of H-pyrrole nitrogens is 1. The number of para-hydroxylation sites is 1. The second-order valence-electron chi connectivity index (χ2n) is 5.74. The molecule has 1 aromatic carbocycles. The first-order valence-electron chi connectivity index (χ1n) is 7.77. The van der Waals surface area contributed by atoms with Crippen molar-refractivity contribution in [3.8, 4) is 0 Å². The molecule has 0 bridgehead atoms. The SMILES string of the molecule is CC(=O)N1CC(CCNC(=O)c2ccc(=O)[nH]n2)c2ccccc21. The number of aromatic nitrogens is 2. The molecule has 1 aromatic heterocycles. The van der Waals surface area contributed by atoms with Crippen LogP contribution in [-0.4, -0.2) is 35.1 Å². The summed E-state index contributed by atoms with van der Waals surface area (Å²) in [7, 11) is 0. The molecule has 7 nitrogen and oxygen atoms in total. The van der Waals surface area contributed by atoms with Gasteiger partial charge in [0.2, 0.25) is 5.91 Å². The number of hydrogen-bond donors (Lipinski definition) is 2. The van der Waals surface area contributed by atoms with Crippen molar-refractivity contribution < 1.29 is 9.59 Å². The van der Waals surface area contributed by atoms with Crippen molar-refractivity contribution >= 4 is 17.5 Å². The second kappa shape index (κ2) is 6.66. The van der Waals surface area contributed by atoms with Crippen LogP contribution >= 0.6 is 0 Å². The number of fused-ring (bicyclic) bond motifs is 1. The Morgan fingerprint density at radius 3 is 2.79 bits per heavy atom. The Kier molecular flexibility index (Phi) is 4.41. The van der Waals surface area contributed by atoms with Crippen LogP contribution in [0.15, 0.2) is 41.2 Å². The minimum absolute atomic E-state index is 0.0198. The van der Waals surface area contributed by atoms with Crippen molar-refractivity contribution in [2.45, 2.75) is 19.3 Å². The maximum absolute atomic E-state index is 12.0. The van der Waals surface area contributed by atoms with Gasteiger partial charge in [-0.25, -0.2) is 5.10 Å². The van der Waals surface area contributed by atoms with Crippen LogP contribution in [0.4, 0.5) is 5.69 Å². The predicted molar refractivity (Wildman–Crippen MR) is 89.0 cm³/mol. The summed E-state index contributed by atoms with van der Waals surface area (Å²) in [6.07, 6.45) is 0.718. The Morgan fingerprint density at radius 2 is 2.08 bits per heavy atom. The first-order chi connectivity index (χ1) is 11.6. The molecule has 24 heavy (non-hydrogen) atoms. The Morgan fingerprint density at radius 1 is 1.29 bits per heavy atom. The number of carbonyl (C=O) groups excluding carboxylic acids is 2. The zero-order chi connectivity index (χ0) is 17.1. The second-order valence-corrected chi connectivity index (χ2v) is 5.74. The number of nitrogens with zero attached hydrogens (tertiary/aromatic N) is 2. The average molecular weight is 326 g/mol. The molecule has 124 valence electrons. The Labute approximate surface area is 138 Å². The Balaban J connectivity index is 1.61. The van der Waals surface area contributed by atoms with Gasteiger partial charge in [0.25, 0.3) is 11.5 Å². The predicted octanol–water partition coefficient (Wildman–Crippen LogP) is 1.04. The number of anilines is 1. The lowest BCUT2D eigenvalue weighted by Gasteiger charge is -2.15. The van der Waals surface area contributed by atoms with Crippen LogP contribution in [0.1, 0.15) is 35.3 Å². The molecule has 0 saturated carbocycles. The van der Waals surface area contributed by atoms with E-state index in [0.717, 1.165) is 17.7 Å². The molecule has 3 rings (SSSR count). The van der Waals surface area contributed by atoms with E-state index in [-0.39, 0.29) is 29.0 Å². The van der Waals surface area contributed by atoms with Crippen LogP contribution in [0.3, 0.4) is 0 Å². The summed E-state index contributed by atoms with van der Waals surface area (Å²) >= 11 is 0. The van der Waals surface area contributed by atoms with E-state index in [1.807, 2.05) is 24.3 Å². The van der Waals surface area contributed by atoms with Gasteiger partial charge in [-0.1, -0.05) is 18.2 Å². The van der Waals surface area contributed by atoms with Crippen molar-refractivity contribution in [2.24, 2.45) is 0 Å². The summed E-state index contributed by atoms with van der Waals surface area (Å²) in [6, 6.07) is 10.5. The van der Waals surface area contributed by atoms with E-state index in [4.69, 9.17) is 0 Å². The maximum Gasteiger partial charge on any atom is 0.271 e. The lowest BCUT2D eigenvalue weighted by atomic mass is 9.98. The van der Waals surface area contributed by atoms with Crippen molar-refractivity contribution in [3.63, 3.8) is 0 Å². The lowest BCUT2D eigenvalue weighted by molar-refractivity contribution is -0.116. The number of nitrogens with one attached hydrogen (secondary N) is 2. The Bertz CT molecular complexity index is 810. The number of benzene rings is 1. The third kappa shape index (κ3) is 3.19. The molecule has 1 aliphatic rings. The number of carbonyl (C=O) groups is 2. The smallest absolute Gasteiger partial charge is 0.271 e. The number of amides is 2. The van der Waals surface area contributed by atoms with Crippen LogP contribution < -0.4 is 15.8 Å². The van der Waals surface area contributed by atoms with Crippen molar-refractivity contribution in [1.29, 1.82) is 0 Å². The summed E-state index contributed by atoms with van der Waals surface area (Å²) in [5.74, 6) is -0.124. The normalized spacial score (nSPS) is 15.9. The topological polar surface area (TPSA) is 95.2 Å². The molecule has 1 atom stereocenters. The van der Waals surface area contributed by atoms with Gasteiger partial charge >= 0.3 is 0 Å². The summed E-state index contributed by atoms with van der Waals surface area (Å²) in [5.41, 5.74) is 1.90. The van der Waals surface area contributed by atoms with Crippen LogP contribution in [0.25, 0.3) is 0 Å². The monoisotopic (exact) mass is 326 g/mol. The molecule has 2 amide bonds. The molecule has 2 aromatic rings. The molecule has 0 saturated heterocycles. The molecule has 2 N–H and O–H groups in total. The average Bonchev–Trinajstić information content (AvgIpc) is 2.95. The number of aromatic amines is 1. The number of hydrogen-bond acceptors (Lipinski definition) is 4. The third-order valence-electron chi connectivity index (χ3n) is 4.14. The molecule has 1 unspecified atom stereocenters. The minimum atomic E-state index is -0.349. The van der Waals surface area contributed by atoms with E-state index in [1.54, 1.807) is 11.8 Å². The van der Waals surface area contributed by atoms with Gasteiger partial charge in [0.15, 0.2) is 0 Å². The zero-order valence-electron chi connectivity index (χ0n) is 13.3. The van der Waals surface area contributed by atoms with Gasteiger partial charge < -0.3 is 10.2 Å². The van der Waals surface area contributed by atoms with E-state index < -0.39 is 0 Å². The minimum Gasteiger partial charge on any atom is -0.351 e. The fraction of sp³-hybridized carbons (Fsp3) is 0.294. The molecule has 0 aliphatic carbocycles. The van der Waals surface area contributed by atoms with Gasteiger partial charge in [0.05, 0.1) is 0 Å². The molecular formula is C17H18N4O3. The standard InChI is InChI=1S/C17H18N4O3/c1-11(22)21-10-12(13-4-2-3-5-15(13)21)8-9-18-17(24)14-6-7-16(23)20-19-14/h2-7,12H,8-10H2,1H3,(H,18,24)(H,20,23). The van der Waals surface area contributed by atoms with E-state index in [2.05, 4.69) is 15.5 Å². The largest absolute Gasteiger partial charge is 0.351 e. The molecule has 7 heteroatoms. The highest BCUT2D eigenvalue weighted by Crippen LogP contribution is 2.37. The fourth-order valence-electron chi connectivity index (χ4n) is 2.96. The van der Waals surface area contributed by atoms with E-state index >= 15 is 0 Å². The number of rotatable bonds is 4. The molecule has 0 spiro atoms. The quantitative estimate of drug-likeness (QED) is 0.877. The fourth-order valence-corrected chi connectivity index (χ4v) is 2.96. The van der Waals surface area contributed by atoms with Gasteiger partial charge in [0.1, 0.15) is 5.69 Å². The van der Waals surface area contributed by atoms with Gasteiger partial charge in [0, 0.05) is 37.7 Å². The van der Waals surface area contributed by atoms with E-state index in [9.17, 15) is 14.4 Å². The molecule has 0 fully saturated rings. The van der Waals surface area contributed by atoms with Gasteiger partial charge in [-0.15, -0.1) is 0 Å². The third-order valence-corrected chi connectivity index (χ3v) is 4.14. The van der Waals surface area contributed by atoms with E-state index in [1.165, 1.54) is 12.1 Å². The first kappa shape index (κ1) is 15.9. The van der Waals surface area contributed by atoms with Crippen molar-refractivity contribution in [2.75, 3.05) is 18.0 Å². The molecular weight excluding hydrogens is 308 g/mol. The summed E-state index contributed by atoms with van der Waals surface area (Å²) in [4.78, 5) is 36.5. The van der Waals surface area contributed by atoms with Gasteiger partial charge in [-0.3, -0.25) is 14.4 Å². The summed E-state index contributed by atoms with van der Waals surface area (Å²) in [5, 5.41) is 8.72. The van der Waals surface area contributed by atoms with Crippen LogP contribution in [0.2, 0.25) is 0 Å². The molecule has 0 radical (unpaired) electrons. The lowest BCUT2D eigenvalue weighted by Crippen LogP contribution is -2.30. The van der Waals surface area contributed by atoms with Crippen LogP contribution in [-0.2, 0) is 4.79 Å². The highest BCUT2D eigenvalue weighted by atomic mass is 16.2. The van der Waals surface area contributed by atoms with Gasteiger partial charge in [-0.2, -0.15) is 5.10 Å². The van der Waals surface area contributed by atoms with Gasteiger partial charge in [-0.05, 0) is 24.1 Å². The van der Waals surface area contributed by atoms with Crippen LogP contribution in [0.5, 0.6) is 0 Å². The maximum atomic E-state index is 12.0. The highest BCUT2D eigenvalue weighted by Gasteiger charge is 2.30. The summed E-state index contributed by atoms with van der Waals surface area (Å²) in [6.45, 7) is 2.65. The first-order valence-corrected chi connectivity index (χ1v) is 7.77. The van der Waals surface area contributed by atoms with E-state index in [0.29, 0.717) is 13.1 Å².